The Hall–Kier alpha value is -2.24. The smallest absolute Gasteiger partial charge is 0.368 e. The van der Waals surface area contributed by atoms with E-state index in [0.717, 1.165) is 12.1 Å². The van der Waals surface area contributed by atoms with Crippen molar-refractivity contribution in [3.8, 4) is 11.3 Å². The van der Waals surface area contributed by atoms with Crippen LogP contribution < -0.4 is 5.32 Å². The molecule has 2 aromatic rings. The van der Waals surface area contributed by atoms with Crippen molar-refractivity contribution in [2.45, 2.75) is 61.8 Å². The summed E-state index contributed by atoms with van der Waals surface area (Å²) in [4.78, 5) is 16.4. The van der Waals surface area contributed by atoms with Gasteiger partial charge in [0.25, 0.3) is 0 Å². The van der Waals surface area contributed by atoms with E-state index in [0.29, 0.717) is 19.3 Å². The van der Waals surface area contributed by atoms with Crippen molar-refractivity contribution in [3.63, 3.8) is 0 Å². The topological polar surface area (TPSA) is 65.4 Å². The number of aromatic nitrogens is 2. The van der Waals surface area contributed by atoms with Crippen LogP contribution in [0.25, 0.3) is 11.3 Å². The molecule has 0 atom stereocenters. The fraction of sp³-hybridized carbons (Fsp3) is 0.524. The average molecular weight is 492 g/mol. The molecular weight excluding hydrogens is 473 g/mol. The van der Waals surface area contributed by atoms with Gasteiger partial charge in [-0.3, -0.25) is 9.53 Å². The second-order valence-corrected chi connectivity index (χ2v) is 9.49. The first-order valence-corrected chi connectivity index (χ1v) is 10.7. The Kier molecular flexibility index (Phi) is 5.22. The van der Waals surface area contributed by atoms with Gasteiger partial charge < -0.3 is 14.6 Å². The van der Waals surface area contributed by atoms with Crippen LogP contribution in [0.1, 0.15) is 32.1 Å². The highest BCUT2D eigenvalue weighted by molar-refractivity contribution is 6.30. The molecule has 1 heterocycles. The van der Waals surface area contributed by atoms with E-state index in [1.165, 1.54) is 0 Å². The lowest BCUT2D eigenvalue weighted by atomic mass is 9.44. The molecule has 1 aromatic heterocycles. The molecule has 1 N–H and O–H groups in total. The van der Waals surface area contributed by atoms with Gasteiger partial charge >= 0.3 is 6.36 Å². The molecule has 0 radical (unpaired) electrons. The predicted octanol–water partition coefficient (Wildman–Crippen LogP) is 4.31. The Morgan fingerprint density at radius 2 is 1.88 bits per heavy atom. The predicted molar refractivity (Wildman–Crippen MR) is 105 cm³/mol. The van der Waals surface area contributed by atoms with Crippen LogP contribution >= 0.6 is 11.6 Å². The SMILES string of the molecule is O=C(COC1CC(OC(F)(F)F)C1)NC12CC(n3cnc(-c4cc(F)c(Cl)cc4F)c3)(C1)C2. The number of ether oxygens (including phenoxy) is 2. The van der Waals surface area contributed by atoms with E-state index in [-0.39, 0.29) is 52.7 Å². The lowest BCUT2D eigenvalue weighted by molar-refractivity contribution is -0.357. The van der Waals surface area contributed by atoms with Crippen molar-refractivity contribution in [1.29, 1.82) is 0 Å². The summed E-state index contributed by atoms with van der Waals surface area (Å²) in [7, 11) is 0. The van der Waals surface area contributed by atoms with E-state index in [2.05, 4.69) is 15.0 Å². The Labute approximate surface area is 190 Å². The zero-order valence-corrected chi connectivity index (χ0v) is 17.8. The fourth-order valence-corrected chi connectivity index (χ4v) is 5.20. The van der Waals surface area contributed by atoms with Gasteiger partial charge in [-0.05, 0) is 31.4 Å². The number of benzene rings is 1. The van der Waals surface area contributed by atoms with Gasteiger partial charge in [-0.2, -0.15) is 0 Å². The molecule has 12 heteroatoms. The van der Waals surface area contributed by atoms with Crippen molar-refractivity contribution in [1.82, 2.24) is 14.9 Å². The number of nitrogens with zero attached hydrogens (tertiary/aromatic N) is 2. The van der Waals surface area contributed by atoms with Crippen molar-refractivity contribution in [2.75, 3.05) is 6.61 Å². The average Bonchev–Trinajstić information content (AvgIpc) is 3.10. The van der Waals surface area contributed by atoms with Gasteiger partial charge in [0.1, 0.15) is 18.2 Å². The number of alkyl halides is 3. The minimum Gasteiger partial charge on any atom is -0.368 e. The Balaban J connectivity index is 1.10. The number of rotatable bonds is 7. The number of carbonyl (C=O) groups is 1. The molecule has 0 unspecified atom stereocenters. The number of halogens is 6. The number of carbonyl (C=O) groups excluding carboxylic acids is 1. The number of amides is 1. The minimum absolute atomic E-state index is 0.0151. The lowest BCUT2D eigenvalue weighted by Gasteiger charge is -2.70. The van der Waals surface area contributed by atoms with Crippen molar-refractivity contribution >= 4 is 17.5 Å². The van der Waals surface area contributed by atoms with E-state index in [1.54, 1.807) is 12.5 Å². The van der Waals surface area contributed by atoms with Crippen LogP contribution in [0.2, 0.25) is 5.02 Å². The molecule has 4 aliphatic rings. The normalized spacial score (nSPS) is 30.2. The molecule has 0 aliphatic heterocycles. The zero-order valence-electron chi connectivity index (χ0n) is 17.1. The van der Waals surface area contributed by atoms with Crippen molar-refractivity contribution < 1.29 is 36.2 Å². The van der Waals surface area contributed by atoms with Gasteiger partial charge in [-0.25, -0.2) is 13.8 Å². The highest BCUT2D eigenvalue weighted by Gasteiger charge is 2.69. The van der Waals surface area contributed by atoms with Crippen LogP contribution in [-0.2, 0) is 19.8 Å². The highest BCUT2D eigenvalue weighted by Crippen LogP contribution is 2.65. The maximum Gasteiger partial charge on any atom is 0.522 e. The van der Waals surface area contributed by atoms with Crippen LogP contribution in [0.5, 0.6) is 0 Å². The molecule has 0 saturated heterocycles. The van der Waals surface area contributed by atoms with Gasteiger partial charge in [-0.15, -0.1) is 13.2 Å². The lowest BCUT2D eigenvalue weighted by Crippen LogP contribution is -2.78. The Bertz CT molecular complexity index is 1080. The summed E-state index contributed by atoms with van der Waals surface area (Å²) in [5, 5.41) is 2.63. The molecule has 4 saturated carbocycles. The summed E-state index contributed by atoms with van der Waals surface area (Å²) >= 11 is 5.60. The molecule has 4 aliphatic carbocycles. The van der Waals surface area contributed by atoms with Crippen LogP contribution in [0.3, 0.4) is 0 Å². The zero-order chi connectivity index (χ0) is 23.6. The first-order valence-electron chi connectivity index (χ1n) is 10.3. The van der Waals surface area contributed by atoms with Crippen molar-refractivity contribution in [2.24, 2.45) is 0 Å². The summed E-state index contributed by atoms with van der Waals surface area (Å²) in [6.45, 7) is -0.227. The molecule has 1 aromatic carbocycles. The maximum atomic E-state index is 14.2. The third kappa shape index (κ3) is 4.22. The number of imidazole rings is 1. The van der Waals surface area contributed by atoms with Crippen LogP contribution in [0.15, 0.2) is 24.7 Å². The van der Waals surface area contributed by atoms with Crippen LogP contribution in [-0.4, -0.2) is 46.2 Å². The summed E-state index contributed by atoms with van der Waals surface area (Å²) in [5.74, 6) is -1.73. The van der Waals surface area contributed by atoms with Gasteiger partial charge in [-0.1, -0.05) is 11.6 Å². The Morgan fingerprint density at radius 1 is 1.18 bits per heavy atom. The molecule has 33 heavy (non-hydrogen) atoms. The van der Waals surface area contributed by atoms with E-state index in [4.69, 9.17) is 16.3 Å². The third-order valence-corrected chi connectivity index (χ3v) is 6.91. The number of nitrogens with one attached hydrogen (secondary N) is 1. The first kappa shape index (κ1) is 22.5. The largest absolute Gasteiger partial charge is 0.522 e. The summed E-state index contributed by atoms with van der Waals surface area (Å²) in [5.41, 5.74) is -0.296. The van der Waals surface area contributed by atoms with Gasteiger partial charge in [0.2, 0.25) is 5.91 Å². The Morgan fingerprint density at radius 3 is 2.55 bits per heavy atom. The number of hydrogen-bond donors (Lipinski definition) is 1. The second-order valence-electron chi connectivity index (χ2n) is 9.09. The molecule has 0 spiro atoms. The van der Waals surface area contributed by atoms with Gasteiger partial charge in [0.05, 0.1) is 34.8 Å². The van der Waals surface area contributed by atoms with E-state index in [9.17, 15) is 26.7 Å². The standard InChI is InChI=1S/C21H19ClF5N3O3/c22-14-4-15(23)13(3-16(14)24)17-5-30(10-28-17)20-7-19(8-20,9-20)29-18(31)6-32-11-1-12(2-11)33-21(25,26)27/h3-5,10-12H,1-2,6-9H2,(H,29,31). The molecule has 1 amide bonds. The molecule has 6 rings (SSSR count). The molecule has 4 fully saturated rings. The second kappa shape index (κ2) is 7.64. The monoisotopic (exact) mass is 491 g/mol. The highest BCUT2D eigenvalue weighted by atomic mass is 35.5. The van der Waals surface area contributed by atoms with Crippen LogP contribution in [0, 0.1) is 11.6 Å². The molecule has 2 bridgehead atoms. The molecule has 178 valence electrons. The van der Waals surface area contributed by atoms with Gasteiger partial charge in [0.15, 0.2) is 0 Å². The van der Waals surface area contributed by atoms with E-state index >= 15 is 0 Å². The summed E-state index contributed by atoms with van der Waals surface area (Å²) in [6, 6.07) is 1.92. The fourth-order valence-electron chi connectivity index (χ4n) is 5.04. The first-order chi connectivity index (χ1) is 15.5. The van der Waals surface area contributed by atoms with Gasteiger partial charge in [0, 0.05) is 30.1 Å². The summed E-state index contributed by atoms with van der Waals surface area (Å²) < 4.78 is 75.4. The number of hydrogen-bond acceptors (Lipinski definition) is 4. The quantitative estimate of drug-likeness (QED) is 0.463. The minimum atomic E-state index is -4.66. The molecular formula is C21H19ClF5N3O3. The third-order valence-electron chi connectivity index (χ3n) is 6.63. The molecule has 6 nitrogen and oxygen atoms in total. The van der Waals surface area contributed by atoms with Crippen molar-refractivity contribution in [3.05, 3.63) is 41.3 Å². The van der Waals surface area contributed by atoms with E-state index in [1.807, 2.05) is 4.57 Å². The van der Waals surface area contributed by atoms with Crippen LogP contribution in [0.4, 0.5) is 22.0 Å². The maximum absolute atomic E-state index is 14.2. The van der Waals surface area contributed by atoms with E-state index < -0.39 is 30.2 Å². The summed E-state index contributed by atoms with van der Waals surface area (Å²) in [6.07, 6.45) is -0.635.